The monoisotopic (exact) mass is 1410 g/mol. The van der Waals surface area contributed by atoms with Crippen molar-refractivity contribution in [2.75, 3.05) is 81.2 Å². The third-order valence-corrected chi connectivity index (χ3v) is 24.1. The molecule has 0 aromatic heterocycles. The molecular formula is C81H114N8O13. The normalized spacial score (nSPS) is 27.8. The zero-order valence-electron chi connectivity index (χ0n) is 62.9. The van der Waals surface area contributed by atoms with Crippen molar-refractivity contribution >= 4 is 29.2 Å². The first-order chi connectivity index (χ1) is 48.6. The van der Waals surface area contributed by atoms with Gasteiger partial charge in [0.2, 0.25) is 11.8 Å². The van der Waals surface area contributed by atoms with Crippen LogP contribution in [0, 0.1) is 64.1 Å². The van der Waals surface area contributed by atoms with Gasteiger partial charge in [-0.1, -0.05) is 108 Å². The molecule has 2 heterocycles. The van der Waals surface area contributed by atoms with Crippen LogP contribution >= 0.6 is 0 Å². The van der Waals surface area contributed by atoms with Crippen LogP contribution in [0.3, 0.4) is 0 Å². The van der Waals surface area contributed by atoms with Crippen LogP contribution in [0.25, 0.3) is 22.3 Å². The fraction of sp³-hybridized carbons (Fsp3) is 0.580. The van der Waals surface area contributed by atoms with Crippen molar-refractivity contribution in [3.63, 3.8) is 0 Å². The smallest absolute Gasteiger partial charge is 0.274 e. The van der Waals surface area contributed by atoms with Crippen molar-refractivity contribution in [1.82, 2.24) is 36.5 Å². The number of Topliss-reactive ketones (excluding diaryl/α,β-unsaturated/α-hetero) is 1. The van der Waals surface area contributed by atoms with E-state index in [0.717, 1.165) is 70.4 Å². The van der Waals surface area contributed by atoms with Gasteiger partial charge in [0, 0.05) is 96.6 Å². The molecule has 8 fully saturated rings. The molecule has 0 radical (unpaired) electrons. The summed E-state index contributed by atoms with van der Waals surface area (Å²) in [5.41, 5.74) is 11.7. The molecule has 13 rings (SSSR count). The molecule has 5 aromatic rings. The van der Waals surface area contributed by atoms with Crippen LogP contribution in [-0.2, 0) is 50.2 Å². The SMILES string of the molecule is CNCc1cc(C(=O)C[C@@H](Cc2ccccc2)CN(C)C)cc(-c2cccc(CN3O[C@@H](CO)[C@@H]([C@H](C)O)[C@H]3C(=O)N[C@H]3C[C@H]4C[C@@H]([C@@H]3C)C4(C)C)c2OC)c1.CONC(=O)c1cc(-c2cccc(CN3O[C@@H](CO)[C@@H]([C@H](C)O)[C@H]3C(=O)N[C@H]3C[C@H]4C[C@@H]([C@@H]3C)C4(C)C)c2OC)cc(N(C)C)c1. The highest BCUT2D eigenvalue weighted by Crippen LogP contribution is 2.62. The number of hydroxylamine groups is 5. The molecule has 8 aliphatic rings. The summed E-state index contributed by atoms with van der Waals surface area (Å²) in [5, 5.41) is 55.6. The largest absolute Gasteiger partial charge is 0.496 e. The first-order valence-electron chi connectivity index (χ1n) is 36.6. The Bertz CT molecular complexity index is 3720. The highest BCUT2D eigenvalue weighted by atomic mass is 16.7. The van der Waals surface area contributed by atoms with Gasteiger partial charge in [0.15, 0.2) is 5.78 Å². The van der Waals surface area contributed by atoms with E-state index < -0.39 is 48.3 Å². The molecule has 0 spiro atoms. The number of amides is 3. The van der Waals surface area contributed by atoms with Crippen LogP contribution in [-0.4, -0.2) is 184 Å². The number of aliphatic hydroxyl groups excluding tert-OH is 4. The number of ether oxygens (including phenoxy) is 2. The van der Waals surface area contributed by atoms with Crippen LogP contribution in [0.4, 0.5) is 5.69 Å². The number of rotatable bonds is 28. The van der Waals surface area contributed by atoms with Gasteiger partial charge >= 0.3 is 0 Å². The highest BCUT2D eigenvalue weighted by Gasteiger charge is 2.59. The number of nitrogens with one attached hydrogen (secondary N) is 4. The number of nitrogens with zero attached hydrogens (tertiary/aromatic N) is 4. The zero-order valence-corrected chi connectivity index (χ0v) is 62.9. The van der Waals surface area contributed by atoms with Crippen molar-refractivity contribution in [2.45, 2.75) is 162 Å². The fourth-order valence-corrected chi connectivity index (χ4v) is 18.3. The molecule has 5 aromatic carbocycles. The van der Waals surface area contributed by atoms with E-state index in [1.54, 1.807) is 50.3 Å². The van der Waals surface area contributed by atoms with Gasteiger partial charge in [-0.25, -0.2) is 5.48 Å². The Morgan fingerprint density at radius 1 is 0.627 bits per heavy atom. The van der Waals surface area contributed by atoms with Gasteiger partial charge < -0.3 is 55.7 Å². The number of fused-ring (bicyclic) bond motifs is 4. The minimum atomic E-state index is -0.896. The van der Waals surface area contributed by atoms with E-state index in [1.165, 1.54) is 25.5 Å². The van der Waals surface area contributed by atoms with Crippen LogP contribution < -0.4 is 35.8 Å². The van der Waals surface area contributed by atoms with Crippen molar-refractivity contribution in [1.29, 1.82) is 0 Å². The average molecular weight is 1410 g/mol. The van der Waals surface area contributed by atoms with E-state index in [9.17, 15) is 39.6 Å². The predicted molar refractivity (Wildman–Crippen MR) is 395 cm³/mol. The van der Waals surface area contributed by atoms with Gasteiger partial charge in [-0.3, -0.25) is 33.7 Å². The van der Waals surface area contributed by atoms with E-state index in [4.69, 9.17) is 24.0 Å². The number of carbonyl (C=O) groups is 4. The summed E-state index contributed by atoms with van der Waals surface area (Å²) in [6, 6.07) is 31.9. The second-order valence-corrected chi connectivity index (χ2v) is 31.7. The highest BCUT2D eigenvalue weighted by molar-refractivity contribution is 5.98. The van der Waals surface area contributed by atoms with Gasteiger partial charge in [-0.2, -0.15) is 10.1 Å². The Morgan fingerprint density at radius 2 is 1.12 bits per heavy atom. The Hall–Kier alpha value is -6.86. The number of hydrogen-bond donors (Lipinski definition) is 8. The van der Waals surface area contributed by atoms with Crippen molar-refractivity contribution < 1.29 is 63.6 Å². The summed E-state index contributed by atoms with van der Waals surface area (Å²) in [7, 11) is 14.4. The third kappa shape index (κ3) is 16.5. The number of methoxy groups -OCH3 is 2. The minimum Gasteiger partial charge on any atom is -0.496 e. The molecule has 17 atom stereocenters. The van der Waals surface area contributed by atoms with Crippen molar-refractivity contribution in [2.24, 2.45) is 64.1 Å². The molecule has 556 valence electrons. The first kappa shape index (κ1) is 77.7. The summed E-state index contributed by atoms with van der Waals surface area (Å²) in [4.78, 5) is 76.7. The van der Waals surface area contributed by atoms with E-state index in [0.29, 0.717) is 71.1 Å². The van der Waals surface area contributed by atoms with E-state index in [1.807, 2.05) is 113 Å². The molecular weight excluding hydrogens is 1290 g/mol. The lowest BCUT2D eigenvalue weighted by Gasteiger charge is -2.62. The van der Waals surface area contributed by atoms with Gasteiger partial charge in [-0.15, -0.1) is 0 Å². The van der Waals surface area contributed by atoms with Crippen LogP contribution in [0.15, 0.2) is 103 Å². The lowest BCUT2D eigenvalue weighted by atomic mass is 9.45. The molecule has 6 aliphatic carbocycles. The number of para-hydroxylation sites is 2. The Kier molecular flexibility index (Phi) is 25.2. The minimum absolute atomic E-state index is 0.0418. The topological polar surface area (TPSA) is 256 Å². The maximum absolute atomic E-state index is 14.3. The molecule has 6 saturated carbocycles. The number of benzene rings is 5. The number of aliphatic hydroxyl groups is 4. The number of anilines is 1. The van der Waals surface area contributed by atoms with E-state index >= 15 is 0 Å². The summed E-state index contributed by atoms with van der Waals surface area (Å²) in [6.07, 6.45) is 2.21. The first-order valence-corrected chi connectivity index (χ1v) is 36.6. The zero-order chi connectivity index (χ0) is 73.8. The number of hydrogen-bond acceptors (Lipinski definition) is 18. The van der Waals surface area contributed by atoms with Gasteiger partial charge in [0.05, 0.1) is 59.8 Å². The quantitative estimate of drug-likeness (QED) is 0.0172. The van der Waals surface area contributed by atoms with Crippen molar-refractivity contribution in [3.8, 4) is 33.8 Å². The molecule has 8 N–H and O–H groups in total. The van der Waals surface area contributed by atoms with Gasteiger partial charge in [-0.05, 0) is 178 Å². The second-order valence-electron chi connectivity index (χ2n) is 31.7. The number of ketones is 1. The summed E-state index contributed by atoms with van der Waals surface area (Å²) < 4.78 is 12.1. The molecule has 0 unspecified atom stereocenters. The molecule has 4 bridgehead atoms. The van der Waals surface area contributed by atoms with Crippen molar-refractivity contribution in [3.05, 3.63) is 137 Å². The Morgan fingerprint density at radius 3 is 1.54 bits per heavy atom. The third-order valence-electron chi connectivity index (χ3n) is 24.1. The standard InChI is InChI=1S/C46H64N4O6.C35H50N4O7/c1-28-38-22-36(46(38,3)4)23-39(28)48-45(54)43-42(29(2)52)41(27-51)56-50(43)26-33-15-12-16-37(44(33)55-8)34-18-31(24-47-5)19-35(21-34)40(53)20-32(25-49(6)7)17-30-13-10-9-11-14-30;1-19-27-15-24(35(27,3)4)16-28(19)36-34(43)31-30(20(2)41)29(18-40)46-39(31)17-21-10-9-11-26(32(21)44-7)22-12-23(33(42)37-45-8)14-25(13-22)38(5)6/h9-16,18-19,21,28-29,32,36,38-39,41-43,47,51-52H,17,20,22-27H2,1-8H3,(H,48,54);9-14,19-20,24,27-31,40-41H,15-18H2,1-8H3,(H,36,43)(H,37,42)/t28-,29-,32+,36+,38-,39-,41-,42+,43-;19-,20-,24+,27-,28-,29-,30+,31-/m00/s1. The maximum atomic E-state index is 14.3. The second kappa shape index (κ2) is 33.1. The maximum Gasteiger partial charge on any atom is 0.274 e. The molecule has 21 heteroatoms. The fourth-order valence-electron chi connectivity index (χ4n) is 18.3. The van der Waals surface area contributed by atoms with Gasteiger partial charge in [0.25, 0.3) is 5.91 Å². The Labute approximate surface area is 604 Å². The summed E-state index contributed by atoms with van der Waals surface area (Å²) >= 11 is 0. The van der Waals surface area contributed by atoms with Crippen LogP contribution in [0.1, 0.15) is 130 Å². The lowest BCUT2D eigenvalue weighted by Crippen LogP contribution is -2.62. The van der Waals surface area contributed by atoms with Crippen LogP contribution in [0.5, 0.6) is 11.5 Å². The summed E-state index contributed by atoms with van der Waals surface area (Å²) in [6.45, 7) is 18.2. The predicted octanol–water partition coefficient (Wildman–Crippen LogP) is 9.12. The van der Waals surface area contributed by atoms with E-state index in [-0.39, 0.29) is 78.6 Å². The Balaban J connectivity index is 0.000000224. The molecule has 102 heavy (non-hydrogen) atoms. The number of carbonyl (C=O) groups excluding carboxylic acids is 4. The van der Waals surface area contributed by atoms with Gasteiger partial charge in [0.1, 0.15) is 35.8 Å². The summed E-state index contributed by atoms with van der Waals surface area (Å²) in [5.74, 6) is 2.29. The van der Waals surface area contributed by atoms with E-state index in [2.05, 4.69) is 86.1 Å². The molecule has 2 aliphatic heterocycles. The lowest BCUT2D eigenvalue weighted by molar-refractivity contribution is -0.183. The average Bonchev–Trinajstić information content (AvgIpc) is 0.970. The molecule has 21 nitrogen and oxygen atoms in total. The molecule has 3 amide bonds. The molecule has 2 saturated heterocycles. The van der Waals surface area contributed by atoms with Crippen LogP contribution in [0.2, 0.25) is 0 Å².